The molecule has 1 aromatic rings. The van der Waals surface area contributed by atoms with E-state index < -0.39 is 35.5 Å². The molecule has 0 fully saturated rings. The third-order valence-electron chi connectivity index (χ3n) is 1.62. The summed E-state index contributed by atoms with van der Waals surface area (Å²) in [7, 11) is 0. The Hall–Kier alpha value is -1.17. The molecule has 0 atom stereocenters. The van der Waals surface area contributed by atoms with Crippen LogP contribution in [0.15, 0.2) is 12.1 Å². The molecule has 0 unspecified atom stereocenters. The fraction of sp³-hybridized carbons (Fsp3) is 0.250. The fourth-order valence-electron chi connectivity index (χ4n) is 0.983. The molecule has 0 heterocycles. The summed E-state index contributed by atoms with van der Waals surface area (Å²) in [6, 6.07) is 0.360. The summed E-state index contributed by atoms with van der Waals surface area (Å²) < 4.78 is 61.4. The summed E-state index contributed by atoms with van der Waals surface area (Å²) in [4.78, 5) is 0. The topological polar surface area (TPSA) is 20.2 Å². The van der Waals surface area contributed by atoms with E-state index >= 15 is 0 Å². The van der Waals surface area contributed by atoms with Crippen LogP contribution in [0.5, 0.6) is 0 Å². The number of benzene rings is 1. The van der Waals surface area contributed by atoms with Gasteiger partial charge in [0.05, 0.1) is 12.2 Å². The summed E-state index contributed by atoms with van der Waals surface area (Å²) in [5, 5.41) is 8.51. The Kier molecular flexibility index (Phi) is 2.75. The highest BCUT2D eigenvalue weighted by atomic mass is 19.4. The minimum atomic E-state index is -4.80. The van der Waals surface area contributed by atoms with E-state index in [1.165, 1.54) is 0 Å². The molecule has 1 nitrogen and oxygen atoms in total. The lowest BCUT2D eigenvalue weighted by atomic mass is 10.1. The van der Waals surface area contributed by atoms with Crippen molar-refractivity contribution in [2.45, 2.75) is 12.8 Å². The van der Waals surface area contributed by atoms with Crippen molar-refractivity contribution in [3.05, 3.63) is 34.9 Å². The van der Waals surface area contributed by atoms with Crippen LogP contribution in [0.1, 0.15) is 11.1 Å². The first-order valence-corrected chi connectivity index (χ1v) is 3.52. The minimum Gasteiger partial charge on any atom is -0.392 e. The number of aliphatic hydroxyl groups excluding tert-OH is 1. The van der Waals surface area contributed by atoms with Crippen molar-refractivity contribution < 1.29 is 27.1 Å². The molecule has 0 aliphatic rings. The van der Waals surface area contributed by atoms with Gasteiger partial charge in [0.1, 0.15) is 0 Å². The van der Waals surface area contributed by atoms with Gasteiger partial charge < -0.3 is 5.11 Å². The van der Waals surface area contributed by atoms with E-state index in [1.54, 1.807) is 0 Å². The molecule has 0 radical (unpaired) electrons. The second-order valence-electron chi connectivity index (χ2n) is 2.58. The van der Waals surface area contributed by atoms with E-state index in [2.05, 4.69) is 0 Å². The maximum Gasteiger partial charge on any atom is 0.416 e. The second kappa shape index (κ2) is 3.53. The molecule has 1 rings (SSSR count). The van der Waals surface area contributed by atoms with Crippen molar-refractivity contribution in [2.75, 3.05) is 0 Å². The van der Waals surface area contributed by atoms with Crippen molar-refractivity contribution >= 4 is 0 Å². The average Bonchev–Trinajstić information content (AvgIpc) is 2.07. The van der Waals surface area contributed by atoms with Crippen LogP contribution in [-0.2, 0) is 12.8 Å². The smallest absolute Gasteiger partial charge is 0.392 e. The molecule has 14 heavy (non-hydrogen) atoms. The molecule has 1 N–H and O–H groups in total. The highest BCUT2D eigenvalue weighted by Gasteiger charge is 2.34. The fourth-order valence-corrected chi connectivity index (χ4v) is 0.983. The van der Waals surface area contributed by atoms with Crippen LogP contribution < -0.4 is 0 Å². The lowest BCUT2D eigenvalue weighted by Crippen LogP contribution is -2.10. The van der Waals surface area contributed by atoms with E-state index in [4.69, 9.17) is 5.11 Å². The van der Waals surface area contributed by atoms with E-state index in [1.807, 2.05) is 0 Å². The highest BCUT2D eigenvalue weighted by Crippen LogP contribution is 2.33. The van der Waals surface area contributed by atoms with Gasteiger partial charge >= 0.3 is 6.18 Å². The van der Waals surface area contributed by atoms with Crippen molar-refractivity contribution in [1.82, 2.24) is 0 Å². The number of rotatable bonds is 1. The maximum atomic E-state index is 12.5. The molecule has 1 aromatic carbocycles. The van der Waals surface area contributed by atoms with Crippen LogP contribution in [0, 0.1) is 11.6 Å². The first-order valence-electron chi connectivity index (χ1n) is 3.52. The standard InChI is InChI=1S/C8H5F5O/c9-6-1-4(3-14)5(2-7(6)10)8(11,12)13/h1-2,14H,3H2. The van der Waals surface area contributed by atoms with Crippen molar-refractivity contribution in [1.29, 1.82) is 0 Å². The molecule has 78 valence electrons. The summed E-state index contributed by atoms with van der Waals surface area (Å²) in [6.07, 6.45) is -4.80. The minimum absolute atomic E-state index is 0.0287. The molecule has 0 bridgehead atoms. The van der Waals surface area contributed by atoms with Crippen molar-refractivity contribution in [2.24, 2.45) is 0 Å². The third kappa shape index (κ3) is 2.01. The van der Waals surface area contributed by atoms with Crippen LogP contribution in [0.25, 0.3) is 0 Å². The van der Waals surface area contributed by atoms with Crippen LogP contribution in [0.2, 0.25) is 0 Å². The van der Waals surface area contributed by atoms with Gasteiger partial charge in [0.2, 0.25) is 0 Å². The first kappa shape index (κ1) is 10.9. The number of hydrogen-bond donors (Lipinski definition) is 1. The largest absolute Gasteiger partial charge is 0.416 e. The second-order valence-corrected chi connectivity index (χ2v) is 2.58. The SMILES string of the molecule is OCc1cc(F)c(F)cc1C(F)(F)F. The van der Waals surface area contributed by atoms with Crippen molar-refractivity contribution in [3.63, 3.8) is 0 Å². The zero-order valence-corrected chi connectivity index (χ0v) is 6.70. The summed E-state index contributed by atoms with van der Waals surface area (Å²) in [6.45, 7) is -0.994. The summed E-state index contributed by atoms with van der Waals surface area (Å²) >= 11 is 0. The van der Waals surface area contributed by atoms with E-state index in [-0.39, 0.29) is 6.07 Å². The van der Waals surface area contributed by atoms with Crippen LogP contribution >= 0.6 is 0 Å². The highest BCUT2D eigenvalue weighted by molar-refractivity contribution is 5.30. The monoisotopic (exact) mass is 212 g/mol. The van der Waals surface area contributed by atoms with Gasteiger partial charge in [0.15, 0.2) is 11.6 Å². The average molecular weight is 212 g/mol. The number of alkyl halides is 3. The van der Waals surface area contributed by atoms with Gasteiger partial charge in [-0.15, -0.1) is 0 Å². The van der Waals surface area contributed by atoms with Gasteiger partial charge in [-0.05, 0) is 17.7 Å². The molecular weight excluding hydrogens is 207 g/mol. The van der Waals surface area contributed by atoms with E-state index in [9.17, 15) is 22.0 Å². The Balaban J connectivity index is 3.35. The van der Waals surface area contributed by atoms with Crippen LogP contribution in [-0.4, -0.2) is 5.11 Å². The Morgan fingerprint density at radius 2 is 1.57 bits per heavy atom. The molecule has 0 aliphatic heterocycles. The predicted molar refractivity (Wildman–Crippen MR) is 37.3 cm³/mol. The quantitative estimate of drug-likeness (QED) is 0.709. The Labute approximate surface area is 75.8 Å². The summed E-state index contributed by atoms with van der Waals surface area (Å²) in [5.41, 5.74) is -2.05. The third-order valence-corrected chi connectivity index (χ3v) is 1.62. The summed E-state index contributed by atoms with van der Waals surface area (Å²) in [5.74, 6) is -3.00. The van der Waals surface area contributed by atoms with E-state index in [0.29, 0.717) is 6.07 Å². The Morgan fingerprint density at radius 1 is 1.07 bits per heavy atom. The molecule has 0 saturated heterocycles. The number of hydrogen-bond acceptors (Lipinski definition) is 1. The lowest BCUT2D eigenvalue weighted by Gasteiger charge is -2.11. The molecule has 0 spiro atoms. The van der Waals surface area contributed by atoms with Crippen LogP contribution in [0.3, 0.4) is 0 Å². The number of halogens is 5. The first-order chi connectivity index (χ1) is 6.36. The van der Waals surface area contributed by atoms with Gasteiger partial charge in [-0.25, -0.2) is 8.78 Å². The zero-order chi connectivity index (χ0) is 10.9. The normalized spacial score (nSPS) is 11.9. The predicted octanol–water partition coefficient (Wildman–Crippen LogP) is 2.48. The Morgan fingerprint density at radius 3 is 2.00 bits per heavy atom. The van der Waals surface area contributed by atoms with Gasteiger partial charge in [-0.1, -0.05) is 0 Å². The van der Waals surface area contributed by atoms with Crippen LogP contribution in [0.4, 0.5) is 22.0 Å². The molecule has 0 aromatic heterocycles. The lowest BCUT2D eigenvalue weighted by molar-refractivity contribution is -0.138. The molecule has 0 saturated carbocycles. The molecule has 6 heteroatoms. The van der Waals surface area contributed by atoms with Gasteiger partial charge in [0.25, 0.3) is 0 Å². The molecule has 0 aliphatic carbocycles. The zero-order valence-electron chi connectivity index (χ0n) is 6.70. The van der Waals surface area contributed by atoms with Gasteiger partial charge in [-0.2, -0.15) is 13.2 Å². The van der Waals surface area contributed by atoms with E-state index in [0.717, 1.165) is 0 Å². The Bertz CT molecular complexity index is 344. The van der Waals surface area contributed by atoms with Crippen molar-refractivity contribution in [3.8, 4) is 0 Å². The molecule has 0 amide bonds. The van der Waals surface area contributed by atoms with Gasteiger partial charge in [-0.3, -0.25) is 0 Å². The number of aliphatic hydroxyl groups is 1. The maximum absolute atomic E-state index is 12.5. The molecular formula is C8H5F5O. The van der Waals surface area contributed by atoms with Gasteiger partial charge in [0, 0.05) is 0 Å².